The molecule has 0 saturated carbocycles. The maximum atomic E-state index is 10.8. The molecule has 0 N–H and O–H groups in total. The second-order valence-electron chi connectivity index (χ2n) is 4.81. The molecule has 0 radical (unpaired) electrons. The summed E-state index contributed by atoms with van der Waals surface area (Å²) in [6.07, 6.45) is 5.60. The van der Waals surface area contributed by atoms with Crippen LogP contribution in [0.4, 0.5) is 5.69 Å². The van der Waals surface area contributed by atoms with E-state index in [0.717, 1.165) is 22.0 Å². The van der Waals surface area contributed by atoms with Crippen molar-refractivity contribution < 1.29 is 4.92 Å². The van der Waals surface area contributed by atoms with Crippen LogP contribution in [0.5, 0.6) is 0 Å². The molecular formula is C15H13N3O2. The van der Waals surface area contributed by atoms with E-state index >= 15 is 0 Å². The Morgan fingerprint density at radius 2 is 2.10 bits per heavy atom. The van der Waals surface area contributed by atoms with E-state index in [0.29, 0.717) is 6.54 Å². The zero-order chi connectivity index (χ0) is 14.1. The van der Waals surface area contributed by atoms with Crippen LogP contribution in [0.2, 0.25) is 0 Å². The molecule has 0 unspecified atom stereocenters. The zero-order valence-electron chi connectivity index (χ0n) is 11.0. The van der Waals surface area contributed by atoms with E-state index in [4.69, 9.17) is 0 Å². The molecule has 5 heteroatoms. The van der Waals surface area contributed by atoms with E-state index in [1.165, 1.54) is 6.07 Å². The number of hydrogen-bond donors (Lipinski definition) is 0. The van der Waals surface area contributed by atoms with Crippen molar-refractivity contribution in [3.63, 3.8) is 0 Å². The first-order chi connectivity index (χ1) is 9.63. The van der Waals surface area contributed by atoms with Crippen molar-refractivity contribution in [2.45, 2.75) is 13.5 Å². The predicted molar refractivity (Wildman–Crippen MR) is 76.7 cm³/mol. The lowest BCUT2D eigenvalue weighted by Crippen LogP contribution is -1.99. The molecule has 0 aliphatic rings. The van der Waals surface area contributed by atoms with E-state index in [1.807, 2.05) is 31.6 Å². The van der Waals surface area contributed by atoms with Gasteiger partial charge < -0.3 is 4.57 Å². The number of rotatable bonds is 3. The Morgan fingerprint density at radius 1 is 1.25 bits per heavy atom. The molecule has 0 bridgehead atoms. The fraction of sp³-hybridized carbons (Fsp3) is 0.133. The summed E-state index contributed by atoms with van der Waals surface area (Å²) >= 11 is 0. The van der Waals surface area contributed by atoms with Gasteiger partial charge in [0.2, 0.25) is 0 Å². The number of nitro benzene ring substituents is 1. The summed E-state index contributed by atoms with van der Waals surface area (Å²) in [6.45, 7) is 2.71. The van der Waals surface area contributed by atoms with Crippen LogP contribution in [0, 0.1) is 17.0 Å². The molecule has 3 aromatic rings. The Hall–Kier alpha value is -2.69. The fourth-order valence-corrected chi connectivity index (χ4v) is 2.34. The van der Waals surface area contributed by atoms with Crippen LogP contribution in [0.1, 0.15) is 11.1 Å². The van der Waals surface area contributed by atoms with Gasteiger partial charge in [0.15, 0.2) is 0 Å². The molecule has 5 nitrogen and oxygen atoms in total. The smallest absolute Gasteiger partial charge is 0.270 e. The van der Waals surface area contributed by atoms with E-state index in [9.17, 15) is 10.1 Å². The molecule has 0 spiro atoms. The van der Waals surface area contributed by atoms with Gasteiger partial charge in [-0.25, -0.2) is 0 Å². The standard InChI is InChI=1S/C15H13N3O2/c1-11-6-12(9-16-8-11)10-17-5-4-13-7-14(18(19)20)2-3-15(13)17/h2-9H,10H2,1H3. The number of nitrogens with zero attached hydrogens (tertiary/aromatic N) is 3. The number of aryl methyl sites for hydroxylation is 1. The minimum Gasteiger partial charge on any atom is -0.343 e. The minimum atomic E-state index is -0.374. The highest BCUT2D eigenvalue weighted by Crippen LogP contribution is 2.22. The van der Waals surface area contributed by atoms with Crippen LogP contribution in [0.25, 0.3) is 10.9 Å². The lowest BCUT2D eigenvalue weighted by molar-refractivity contribution is -0.384. The Bertz CT molecular complexity index is 793. The van der Waals surface area contributed by atoms with Crippen molar-refractivity contribution in [3.8, 4) is 0 Å². The molecular weight excluding hydrogens is 254 g/mol. The summed E-state index contributed by atoms with van der Waals surface area (Å²) in [5, 5.41) is 11.6. The first kappa shape index (κ1) is 12.3. The summed E-state index contributed by atoms with van der Waals surface area (Å²) in [7, 11) is 0. The van der Waals surface area contributed by atoms with Crippen LogP contribution in [-0.2, 0) is 6.54 Å². The lowest BCUT2D eigenvalue weighted by Gasteiger charge is -2.06. The van der Waals surface area contributed by atoms with E-state index < -0.39 is 0 Å². The molecule has 0 fully saturated rings. The molecule has 3 rings (SSSR count). The third-order valence-electron chi connectivity index (χ3n) is 3.25. The fourth-order valence-electron chi connectivity index (χ4n) is 2.34. The highest BCUT2D eigenvalue weighted by molar-refractivity contribution is 5.82. The number of benzene rings is 1. The number of hydrogen-bond acceptors (Lipinski definition) is 3. The van der Waals surface area contributed by atoms with Gasteiger partial charge in [0, 0.05) is 48.2 Å². The average molecular weight is 267 g/mol. The van der Waals surface area contributed by atoms with Crippen molar-refractivity contribution in [2.24, 2.45) is 0 Å². The number of non-ortho nitro benzene ring substituents is 1. The molecule has 100 valence electrons. The molecule has 0 aliphatic heterocycles. The van der Waals surface area contributed by atoms with Gasteiger partial charge >= 0.3 is 0 Å². The van der Waals surface area contributed by atoms with Gasteiger partial charge in [0.25, 0.3) is 5.69 Å². The normalized spacial score (nSPS) is 10.8. The maximum Gasteiger partial charge on any atom is 0.270 e. The second kappa shape index (κ2) is 4.77. The van der Waals surface area contributed by atoms with Gasteiger partial charge in [-0.1, -0.05) is 6.07 Å². The van der Waals surface area contributed by atoms with Crippen LogP contribution < -0.4 is 0 Å². The zero-order valence-corrected chi connectivity index (χ0v) is 11.0. The number of aromatic nitrogens is 2. The Kier molecular flexibility index (Phi) is 2.95. The van der Waals surface area contributed by atoms with E-state index in [2.05, 4.69) is 15.6 Å². The van der Waals surface area contributed by atoms with Gasteiger partial charge in [-0.2, -0.15) is 0 Å². The highest BCUT2D eigenvalue weighted by atomic mass is 16.6. The number of fused-ring (bicyclic) bond motifs is 1. The van der Waals surface area contributed by atoms with E-state index in [1.54, 1.807) is 12.1 Å². The molecule has 2 aromatic heterocycles. The number of nitro groups is 1. The third kappa shape index (κ3) is 2.25. The Labute approximate surface area is 115 Å². The molecule has 0 aliphatic carbocycles. The number of pyridine rings is 1. The van der Waals surface area contributed by atoms with Gasteiger partial charge in [-0.3, -0.25) is 15.1 Å². The highest BCUT2D eigenvalue weighted by Gasteiger charge is 2.09. The van der Waals surface area contributed by atoms with Crippen molar-refractivity contribution in [3.05, 3.63) is 70.2 Å². The third-order valence-corrected chi connectivity index (χ3v) is 3.25. The largest absolute Gasteiger partial charge is 0.343 e. The van der Waals surface area contributed by atoms with Gasteiger partial charge in [0.1, 0.15) is 0 Å². The molecule has 20 heavy (non-hydrogen) atoms. The first-order valence-electron chi connectivity index (χ1n) is 6.27. The van der Waals surface area contributed by atoms with Gasteiger partial charge in [0.05, 0.1) is 4.92 Å². The Balaban J connectivity index is 1.98. The summed E-state index contributed by atoms with van der Waals surface area (Å²) in [4.78, 5) is 14.6. The molecule has 0 amide bonds. The van der Waals surface area contributed by atoms with Crippen molar-refractivity contribution in [1.29, 1.82) is 0 Å². The second-order valence-corrected chi connectivity index (χ2v) is 4.81. The maximum absolute atomic E-state index is 10.8. The van der Waals surface area contributed by atoms with Crippen LogP contribution >= 0.6 is 0 Å². The minimum absolute atomic E-state index is 0.118. The predicted octanol–water partition coefficient (Wildman–Crippen LogP) is 3.30. The van der Waals surface area contributed by atoms with Gasteiger partial charge in [-0.15, -0.1) is 0 Å². The lowest BCUT2D eigenvalue weighted by atomic mass is 10.2. The summed E-state index contributed by atoms with van der Waals surface area (Å²) in [5.41, 5.74) is 3.33. The average Bonchev–Trinajstić information content (AvgIpc) is 2.81. The molecule has 0 atom stereocenters. The SMILES string of the molecule is Cc1cncc(Cn2ccc3cc([N+](=O)[O-])ccc32)c1. The van der Waals surface area contributed by atoms with E-state index in [-0.39, 0.29) is 10.6 Å². The molecule has 0 saturated heterocycles. The van der Waals surface area contributed by atoms with Crippen LogP contribution in [0.15, 0.2) is 48.9 Å². The summed E-state index contributed by atoms with van der Waals surface area (Å²) < 4.78 is 2.06. The Morgan fingerprint density at radius 3 is 2.85 bits per heavy atom. The monoisotopic (exact) mass is 267 g/mol. The van der Waals surface area contributed by atoms with Crippen molar-refractivity contribution in [2.75, 3.05) is 0 Å². The van der Waals surface area contributed by atoms with Crippen LogP contribution in [-0.4, -0.2) is 14.5 Å². The quantitative estimate of drug-likeness (QED) is 0.540. The first-order valence-corrected chi connectivity index (χ1v) is 6.27. The molecule has 1 aromatic carbocycles. The van der Waals surface area contributed by atoms with Crippen LogP contribution in [0.3, 0.4) is 0 Å². The summed E-state index contributed by atoms with van der Waals surface area (Å²) in [6, 6.07) is 8.90. The van der Waals surface area contributed by atoms with Gasteiger partial charge in [-0.05, 0) is 30.2 Å². The van der Waals surface area contributed by atoms with Crippen molar-refractivity contribution >= 4 is 16.6 Å². The van der Waals surface area contributed by atoms with Crippen molar-refractivity contribution in [1.82, 2.24) is 9.55 Å². The topological polar surface area (TPSA) is 61.0 Å². The molecule has 2 heterocycles. The summed E-state index contributed by atoms with van der Waals surface area (Å²) in [5.74, 6) is 0.